The Morgan fingerprint density at radius 1 is 0.339 bits per heavy atom. The van der Waals surface area contributed by atoms with E-state index in [1.807, 2.05) is 24.3 Å². The van der Waals surface area contributed by atoms with Crippen LogP contribution in [0.2, 0.25) is 0 Å². The zero-order valence-corrected chi connectivity index (χ0v) is 31.5. The van der Waals surface area contributed by atoms with E-state index in [4.69, 9.17) is 9.97 Å². The second-order valence-corrected chi connectivity index (χ2v) is 14.5. The third kappa shape index (κ3) is 5.29. The van der Waals surface area contributed by atoms with E-state index in [2.05, 4.69) is 179 Å². The molecule has 59 heavy (non-hydrogen) atoms. The van der Waals surface area contributed by atoms with Gasteiger partial charge in [-0.2, -0.15) is 25.5 Å². The highest BCUT2D eigenvalue weighted by molar-refractivity contribution is 6.35. The highest BCUT2D eigenvalue weighted by atomic mass is 15.0. The van der Waals surface area contributed by atoms with Crippen LogP contribution in [0.5, 0.6) is 0 Å². The van der Waals surface area contributed by atoms with Gasteiger partial charge in [0.2, 0.25) is 11.6 Å². The first-order valence-corrected chi connectivity index (χ1v) is 19.4. The van der Waals surface area contributed by atoms with Crippen LogP contribution in [0.15, 0.2) is 182 Å². The Bertz CT molecular complexity index is 3470. The number of benzene rings is 9. The first kappa shape index (κ1) is 33.9. The molecule has 0 aliphatic heterocycles. The van der Waals surface area contributed by atoms with Gasteiger partial charge in [-0.1, -0.05) is 158 Å². The van der Waals surface area contributed by atoms with E-state index in [-0.39, 0.29) is 17.5 Å². The van der Waals surface area contributed by atoms with Gasteiger partial charge in [0.25, 0.3) is 0 Å². The molecule has 0 radical (unpaired) electrons. The van der Waals surface area contributed by atoms with Gasteiger partial charge < -0.3 is 4.57 Å². The summed E-state index contributed by atoms with van der Waals surface area (Å²) in [5.41, 5.74) is 9.66. The van der Waals surface area contributed by atoms with E-state index in [0.29, 0.717) is 5.56 Å². The van der Waals surface area contributed by atoms with Crippen molar-refractivity contribution in [2.45, 2.75) is 0 Å². The molecule has 2 aromatic heterocycles. The molecule has 0 saturated heterocycles. The number of hydrogen-bond acceptors (Lipinski definition) is 5. The predicted octanol–water partition coefficient (Wildman–Crippen LogP) is 12.8. The summed E-state index contributed by atoms with van der Waals surface area (Å²) in [6.07, 6.45) is 0. The summed E-state index contributed by atoms with van der Waals surface area (Å²) in [6, 6.07) is 67.8. The maximum atomic E-state index is 10.2. The van der Waals surface area contributed by atoms with Crippen molar-refractivity contribution in [2.24, 2.45) is 0 Å². The summed E-state index contributed by atoms with van der Waals surface area (Å²) in [7, 11) is 0. The average molecular weight is 751 g/mol. The fraction of sp³-hybridized carbons (Fsp3) is 0. The van der Waals surface area contributed by atoms with Crippen LogP contribution in [0.1, 0.15) is 11.6 Å². The Balaban J connectivity index is 1.36. The molecule has 0 aliphatic rings. The van der Waals surface area contributed by atoms with E-state index in [0.717, 1.165) is 82.4 Å². The van der Waals surface area contributed by atoms with Gasteiger partial charge in [0, 0.05) is 33.2 Å². The first-order chi connectivity index (χ1) is 29.2. The van der Waals surface area contributed by atoms with Crippen LogP contribution in [0.4, 0.5) is 0 Å². The number of nitriles is 2. The van der Waals surface area contributed by atoms with E-state index in [9.17, 15) is 10.5 Å². The quantitative estimate of drug-likeness (QED) is 0.163. The van der Waals surface area contributed by atoms with Gasteiger partial charge in [-0.15, -0.1) is 0 Å². The normalized spacial score (nSPS) is 11.4. The summed E-state index contributed by atoms with van der Waals surface area (Å²) in [5, 5.41) is 29.4. The number of rotatable bonds is 5. The molecule has 0 amide bonds. The second-order valence-electron chi connectivity index (χ2n) is 14.5. The van der Waals surface area contributed by atoms with Gasteiger partial charge in [-0.3, -0.25) is 0 Å². The molecule has 0 bridgehead atoms. The molecular weight excluding hydrogens is 721 g/mol. The molecule has 11 aromatic rings. The Morgan fingerprint density at radius 2 is 0.729 bits per heavy atom. The molecule has 0 spiro atoms. The Labute approximate surface area is 339 Å². The SMILES string of the molecule is N#Cc1nc(C#N)nc(-c2c(-c3ccc(-n4c5ccccc5c5ccccc54)cc3)c(-c3ccccc3)c3c4ccccc4c4ccccc4c3c2-c2ccccc2)n1. The van der Waals surface area contributed by atoms with Gasteiger partial charge in [0.1, 0.15) is 12.1 Å². The highest BCUT2D eigenvalue weighted by Crippen LogP contribution is 2.54. The molecule has 0 saturated carbocycles. The predicted molar refractivity (Wildman–Crippen MR) is 238 cm³/mol. The van der Waals surface area contributed by atoms with Gasteiger partial charge in [0.05, 0.1) is 11.0 Å². The van der Waals surface area contributed by atoms with E-state index in [1.54, 1.807) is 0 Å². The number of aromatic nitrogens is 4. The molecule has 11 rings (SSSR count). The summed E-state index contributed by atoms with van der Waals surface area (Å²) in [4.78, 5) is 13.8. The summed E-state index contributed by atoms with van der Waals surface area (Å²) in [5.74, 6) is 0.00986. The molecule has 272 valence electrons. The minimum absolute atomic E-state index is 0.122. The van der Waals surface area contributed by atoms with Crippen molar-refractivity contribution in [2.75, 3.05) is 0 Å². The lowest BCUT2D eigenvalue weighted by Crippen LogP contribution is -2.05. The van der Waals surface area contributed by atoms with Crippen molar-refractivity contribution in [1.82, 2.24) is 19.5 Å². The number of para-hydroxylation sites is 2. The zero-order valence-electron chi connectivity index (χ0n) is 31.5. The average Bonchev–Trinajstić information content (AvgIpc) is 3.65. The van der Waals surface area contributed by atoms with Crippen LogP contribution in [0.25, 0.3) is 105 Å². The van der Waals surface area contributed by atoms with Crippen LogP contribution in [0, 0.1) is 22.7 Å². The Kier molecular flexibility index (Phi) is 7.82. The van der Waals surface area contributed by atoms with Crippen molar-refractivity contribution < 1.29 is 0 Å². The fourth-order valence-electron chi connectivity index (χ4n) is 9.03. The van der Waals surface area contributed by atoms with Gasteiger partial charge in [0.15, 0.2) is 5.82 Å². The summed E-state index contributed by atoms with van der Waals surface area (Å²) in [6.45, 7) is 0. The van der Waals surface area contributed by atoms with Crippen LogP contribution in [0.3, 0.4) is 0 Å². The van der Waals surface area contributed by atoms with Crippen molar-refractivity contribution in [3.8, 4) is 62.6 Å². The Hall–Kier alpha value is -8.45. The molecule has 0 unspecified atom stereocenters. The molecule has 2 heterocycles. The molecule has 0 fully saturated rings. The first-order valence-electron chi connectivity index (χ1n) is 19.4. The standard InChI is InChI=1S/C53H30N6/c54-31-45-56-46(32-55)58-53(57-45)52-48(35-27-29-36(30-28-35)59-43-25-13-11-21-39(43)40-22-12-14-26-44(40)59)47(33-15-3-1-4-16-33)50-41-23-9-7-19-37(41)38-20-8-10-24-42(38)51(50)49(52)34-17-5-2-6-18-34/h1-30H. The van der Waals surface area contributed by atoms with Gasteiger partial charge in [-0.05, 0) is 78.8 Å². The summed E-state index contributed by atoms with van der Waals surface area (Å²) < 4.78 is 2.31. The largest absolute Gasteiger partial charge is 0.309 e. The molecule has 9 aromatic carbocycles. The lowest BCUT2D eigenvalue weighted by Gasteiger charge is -2.25. The van der Waals surface area contributed by atoms with Gasteiger partial charge in [-0.25, -0.2) is 0 Å². The van der Waals surface area contributed by atoms with Crippen LogP contribution >= 0.6 is 0 Å². The van der Waals surface area contributed by atoms with Crippen molar-refractivity contribution in [3.05, 3.63) is 194 Å². The monoisotopic (exact) mass is 750 g/mol. The molecule has 0 N–H and O–H groups in total. The Morgan fingerprint density at radius 3 is 1.20 bits per heavy atom. The van der Waals surface area contributed by atoms with E-state index >= 15 is 0 Å². The lowest BCUT2D eigenvalue weighted by molar-refractivity contribution is 0.997. The zero-order chi connectivity index (χ0) is 39.5. The molecule has 6 nitrogen and oxygen atoms in total. The van der Waals surface area contributed by atoms with E-state index < -0.39 is 0 Å². The number of nitrogens with zero attached hydrogens (tertiary/aromatic N) is 6. The minimum atomic E-state index is -0.122. The topological polar surface area (TPSA) is 91.2 Å². The highest BCUT2D eigenvalue weighted by Gasteiger charge is 2.29. The molecule has 0 aliphatic carbocycles. The number of hydrogen-bond donors (Lipinski definition) is 0. The van der Waals surface area contributed by atoms with E-state index in [1.165, 1.54) is 10.8 Å². The van der Waals surface area contributed by atoms with Crippen molar-refractivity contribution in [1.29, 1.82) is 10.5 Å². The smallest absolute Gasteiger partial charge is 0.236 e. The van der Waals surface area contributed by atoms with Crippen LogP contribution in [-0.2, 0) is 0 Å². The van der Waals surface area contributed by atoms with Gasteiger partial charge >= 0.3 is 0 Å². The van der Waals surface area contributed by atoms with Crippen LogP contribution < -0.4 is 0 Å². The maximum Gasteiger partial charge on any atom is 0.236 e. The second kappa shape index (κ2) is 13.6. The third-order valence-electron chi connectivity index (χ3n) is 11.4. The lowest BCUT2D eigenvalue weighted by atomic mass is 9.78. The van der Waals surface area contributed by atoms with Crippen molar-refractivity contribution >= 4 is 54.1 Å². The number of fused-ring (bicyclic) bond motifs is 9. The third-order valence-corrected chi connectivity index (χ3v) is 11.4. The maximum absolute atomic E-state index is 10.2. The van der Waals surface area contributed by atoms with Crippen LogP contribution in [-0.4, -0.2) is 19.5 Å². The minimum Gasteiger partial charge on any atom is -0.309 e. The molecular formula is C53H30N6. The molecule has 0 atom stereocenters. The van der Waals surface area contributed by atoms with Crippen molar-refractivity contribution in [3.63, 3.8) is 0 Å². The molecule has 6 heteroatoms. The summed E-state index contributed by atoms with van der Waals surface area (Å²) >= 11 is 0. The fourth-order valence-corrected chi connectivity index (χ4v) is 9.03.